The zero-order chi connectivity index (χ0) is 19.2. The summed E-state index contributed by atoms with van der Waals surface area (Å²) < 4.78 is 5.88. The van der Waals surface area contributed by atoms with Crippen molar-refractivity contribution in [1.29, 1.82) is 0 Å². The number of morpholine rings is 1. The SMILES string of the molecule is Cc1ccc(NC(=O)Nc2nnc(SCC(=O)N3CCOCC3)s2)cc1C. The van der Waals surface area contributed by atoms with Crippen LogP contribution in [0.25, 0.3) is 0 Å². The number of benzene rings is 1. The van der Waals surface area contributed by atoms with Gasteiger partial charge in [0.05, 0.1) is 19.0 Å². The number of rotatable bonds is 5. The average molecular weight is 408 g/mol. The molecule has 2 N–H and O–H groups in total. The van der Waals surface area contributed by atoms with Gasteiger partial charge in [0.1, 0.15) is 0 Å². The van der Waals surface area contributed by atoms with E-state index in [0.717, 1.165) is 5.56 Å². The Morgan fingerprint density at radius 3 is 2.70 bits per heavy atom. The third-order valence-corrected chi connectivity index (χ3v) is 6.03. The van der Waals surface area contributed by atoms with E-state index in [1.165, 1.54) is 28.7 Å². The third kappa shape index (κ3) is 5.65. The van der Waals surface area contributed by atoms with Gasteiger partial charge in [0.2, 0.25) is 11.0 Å². The molecule has 2 heterocycles. The van der Waals surface area contributed by atoms with E-state index in [1.807, 2.05) is 32.0 Å². The summed E-state index contributed by atoms with van der Waals surface area (Å²) in [6.45, 7) is 6.42. The van der Waals surface area contributed by atoms with Gasteiger partial charge in [0.15, 0.2) is 4.34 Å². The molecule has 8 nitrogen and oxygen atoms in total. The summed E-state index contributed by atoms with van der Waals surface area (Å²) in [6, 6.07) is 5.33. The molecule has 27 heavy (non-hydrogen) atoms. The quantitative estimate of drug-likeness (QED) is 0.584. The number of urea groups is 1. The molecule has 1 saturated heterocycles. The van der Waals surface area contributed by atoms with Crippen LogP contribution in [-0.2, 0) is 9.53 Å². The highest BCUT2D eigenvalue weighted by Gasteiger charge is 2.18. The van der Waals surface area contributed by atoms with Crippen LogP contribution in [0.2, 0.25) is 0 Å². The van der Waals surface area contributed by atoms with Gasteiger partial charge < -0.3 is 15.0 Å². The van der Waals surface area contributed by atoms with E-state index in [4.69, 9.17) is 4.74 Å². The number of hydrogen-bond donors (Lipinski definition) is 2. The van der Waals surface area contributed by atoms with Gasteiger partial charge in [-0.2, -0.15) is 0 Å². The van der Waals surface area contributed by atoms with E-state index < -0.39 is 0 Å². The first kappa shape index (κ1) is 19.6. The van der Waals surface area contributed by atoms with Gasteiger partial charge in [-0.05, 0) is 37.1 Å². The number of hydrogen-bond acceptors (Lipinski definition) is 7. The molecule has 3 rings (SSSR count). The molecule has 0 bridgehead atoms. The number of nitrogens with one attached hydrogen (secondary N) is 2. The molecule has 2 aromatic rings. The molecule has 1 aliphatic rings. The van der Waals surface area contributed by atoms with Crippen LogP contribution in [0.5, 0.6) is 0 Å². The smallest absolute Gasteiger partial charge is 0.325 e. The Morgan fingerprint density at radius 2 is 1.96 bits per heavy atom. The molecule has 1 fully saturated rings. The molecule has 0 unspecified atom stereocenters. The summed E-state index contributed by atoms with van der Waals surface area (Å²) in [5.74, 6) is 0.351. The number of carbonyl (C=O) groups excluding carboxylic acids is 2. The van der Waals surface area contributed by atoms with Crippen molar-refractivity contribution in [2.75, 3.05) is 42.7 Å². The standard InChI is InChI=1S/C17H21N5O3S2/c1-11-3-4-13(9-12(11)2)18-15(24)19-16-20-21-17(27-16)26-10-14(23)22-5-7-25-8-6-22/h3-4,9H,5-8,10H2,1-2H3,(H2,18,19,20,24). The largest absolute Gasteiger partial charge is 0.378 e. The van der Waals surface area contributed by atoms with Gasteiger partial charge in [0.25, 0.3) is 0 Å². The number of nitrogens with zero attached hydrogens (tertiary/aromatic N) is 3. The molecule has 1 aromatic heterocycles. The van der Waals surface area contributed by atoms with Crippen LogP contribution >= 0.6 is 23.1 Å². The van der Waals surface area contributed by atoms with Gasteiger partial charge in [-0.25, -0.2) is 4.79 Å². The van der Waals surface area contributed by atoms with Gasteiger partial charge in [0, 0.05) is 18.8 Å². The van der Waals surface area contributed by atoms with Crippen LogP contribution in [0.3, 0.4) is 0 Å². The summed E-state index contributed by atoms with van der Waals surface area (Å²) in [4.78, 5) is 26.0. The molecule has 0 saturated carbocycles. The maximum absolute atomic E-state index is 12.1. The number of amides is 3. The van der Waals surface area contributed by atoms with Crippen molar-refractivity contribution in [1.82, 2.24) is 15.1 Å². The van der Waals surface area contributed by atoms with E-state index >= 15 is 0 Å². The Bertz CT molecular complexity index is 821. The zero-order valence-corrected chi connectivity index (χ0v) is 16.8. The molecule has 0 atom stereocenters. The topological polar surface area (TPSA) is 96.4 Å². The van der Waals surface area contributed by atoms with Gasteiger partial charge in [-0.15, -0.1) is 10.2 Å². The minimum atomic E-state index is -0.379. The van der Waals surface area contributed by atoms with E-state index in [0.29, 0.717) is 47.2 Å². The zero-order valence-electron chi connectivity index (χ0n) is 15.2. The lowest BCUT2D eigenvalue weighted by atomic mass is 10.1. The van der Waals surface area contributed by atoms with Gasteiger partial charge >= 0.3 is 6.03 Å². The van der Waals surface area contributed by atoms with E-state index in [1.54, 1.807) is 4.90 Å². The number of ether oxygens (including phenoxy) is 1. The molecule has 10 heteroatoms. The fourth-order valence-corrected chi connectivity index (χ4v) is 4.07. The second-order valence-corrected chi connectivity index (χ2v) is 8.23. The van der Waals surface area contributed by atoms with E-state index in [2.05, 4.69) is 20.8 Å². The first-order chi connectivity index (χ1) is 13.0. The predicted octanol–water partition coefficient (Wildman–Crippen LogP) is 2.75. The second-order valence-electron chi connectivity index (χ2n) is 6.03. The van der Waals surface area contributed by atoms with Crippen molar-refractivity contribution in [3.63, 3.8) is 0 Å². The van der Waals surface area contributed by atoms with Crippen molar-refractivity contribution in [2.45, 2.75) is 18.2 Å². The molecule has 0 spiro atoms. The monoisotopic (exact) mass is 407 g/mol. The Morgan fingerprint density at radius 1 is 1.19 bits per heavy atom. The molecule has 0 aliphatic carbocycles. The summed E-state index contributed by atoms with van der Waals surface area (Å²) in [5.41, 5.74) is 2.98. The Kier molecular flexibility index (Phi) is 6.64. The number of aromatic nitrogens is 2. The molecule has 1 aliphatic heterocycles. The summed E-state index contributed by atoms with van der Waals surface area (Å²) in [7, 11) is 0. The minimum Gasteiger partial charge on any atom is -0.378 e. The van der Waals surface area contributed by atoms with Crippen molar-refractivity contribution < 1.29 is 14.3 Å². The van der Waals surface area contributed by atoms with E-state index in [-0.39, 0.29) is 11.9 Å². The summed E-state index contributed by atoms with van der Waals surface area (Å²) in [6.07, 6.45) is 0. The predicted molar refractivity (Wildman–Crippen MR) is 107 cm³/mol. The number of carbonyl (C=O) groups is 2. The molecular formula is C17H21N5O3S2. The lowest BCUT2D eigenvalue weighted by Gasteiger charge is -2.26. The highest BCUT2D eigenvalue weighted by Crippen LogP contribution is 2.26. The second kappa shape index (κ2) is 9.16. The number of thioether (sulfide) groups is 1. The normalized spacial score (nSPS) is 14.1. The van der Waals surface area contributed by atoms with Gasteiger partial charge in [-0.1, -0.05) is 29.2 Å². The maximum Gasteiger partial charge on any atom is 0.325 e. The average Bonchev–Trinajstić information content (AvgIpc) is 3.10. The Balaban J connectivity index is 1.47. The fraction of sp³-hybridized carbons (Fsp3) is 0.412. The van der Waals surface area contributed by atoms with Crippen molar-refractivity contribution in [3.8, 4) is 0 Å². The molecular weight excluding hydrogens is 386 g/mol. The summed E-state index contributed by atoms with van der Waals surface area (Å²) >= 11 is 2.56. The highest BCUT2D eigenvalue weighted by atomic mass is 32.2. The highest BCUT2D eigenvalue weighted by molar-refractivity contribution is 8.01. The van der Waals surface area contributed by atoms with Crippen molar-refractivity contribution in [3.05, 3.63) is 29.3 Å². The summed E-state index contributed by atoms with van der Waals surface area (Å²) in [5, 5.41) is 13.8. The van der Waals surface area contributed by atoms with Crippen molar-refractivity contribution in [2.24, 2.45) is 0 Å². The number of aryl methyl sites for hydroxylation is 2. The van der Waals surface area contributed by atoms with Gasteiger partial charge in [-0.3, -0.25) is 10.1 Å². The molecule has 144 valence electrons. The maximum atomic E-state index is 12.1. The van der Waals surface area contributed by atoms with Crippen molar-refractivity contribution >= 4 is 45.9 Å². The van der Waals surface area contributed by atoms with Crippen LogP contribution in [0.15, 0.2) is 22.5 Å². The molecule has 1 aromatic carbocycles. The lowest BCUT2D eigenvalue weighted by Crippen LogP contribution is -2.41. The minimum absolute atomic E-state index is 0.0560. The Hall–Kier alpha value is -2.17. The third-order valence-electron chi connectivity index (χ3n) is 4.07. The fourth-order valence-electron chi connectivity index (χ4n) is 2.42. The number of anilines is 2. The van der Waals surface area contributed by atoms with E-state index in [9.17, 15) is 9.59 Å². The van der Waals surface area contributed by atoms with Crippen LogP contribution in [0.1, 0.15) is 11.1 Å². The first-order valence-corrected chi connectivity index (χ1v) is 10.3. The van der Waals surface area contributed by atoms with Crippen LogP contribution in [-0.4, -0.2) is 59.1 Å². The lowest BCUT2D eigenvalue weighted by molar-refractivity contribution is -0.132. The molecule has 0 radical (unpaired) electrons. The first-order valence-electron chi connectivity index (χ1n) is 8.48. The van der Waals surface area contributed by atoms with Crippen LogP contribution in [0, 0.1) is 13.8 Å². The molecule has 3 amide bonds. The van der Waals surface area contributed by atoms with Crippen LogP contribution < -0.4 is 10.6 Å². The Labute approximate surface area is 165 Å². The van der Waals surface area contributed by atoms with Crippen LogP contribution in [0.4, 0.5) is 15.6 Å².